The van der Waals surface area contributed by atoms with Gasteiger partial charge in [-0.25, -0.2) is 10.2 Å². The van der Waals surface area contributed by atoms with Crippen LogP contribution in [-0.4, -0.2) is 18.9 Å². The van der Waals surface area contributed by atoms with Crippen LogP contribution in [0.5, 0.6) is 11.5 Å². The monoisotopic (exact) mass is 391 g/mol. The van der Waals surface area contributed by atoms with Crippen LogP contribution in [0.25, 0.3) is 0 Å². The predicted molar refractivity (Wildman–Crippen MR) is 96.4 cm³/mol. The lowest BCUT2D eigenvalue weighted by atomic mass is 10.2. The summed E-state index contributed by atoms with van der Waals surface area (Å²) in [5.41, 5.74) is 8.89. The molecule has 7 heteroatoms. The first kappa shape index (κ1) is 17.8. The molecule has 0 unspecified atom stereocenters. The van der Waals surface area contributed by atoms with Crippen molar-refractivity contribution < 1.29 is 14.3 Å². The first-order valence-electron chi connectivity index (χ1n) is 7.31. The average molecular weight is 392 g/mol. The normalized spacial score (nSPS) is 10.6. The van der Waals surface area contributed by atoms with Gasteiger partial charge in [0.15, 0.2) is 11.5 Å². The molecule has 0 spiro atoms. The van der Waals surface area contributed by atoms with E-state index in [-0.39, 0.29) is 0 Å². The minimum absolute atomic E-state index is 0.427. The fraction of sp³-hybridized carbons (Fsp3) is 0.176. The van der Waals surface area contributed by atoms with Gasteiger partial charge in [-0.2, -0.15) is 5.10 Å². The second kappa shape index (κ2) is 8.93. The molecular formula is C17H18BrN3O3. The standard InChI is InChI=1S/C17H18BrN3O3/c1-2-23-16-9-12(10-20-21-17(19)22)6-7-15(16)24-11-13-4-3-5-14(18)8-13/h3-10H,2,11H2,1H3,(H3,19,21,22). The minimum Gasteiger partial charge on any atom is -0.490 e. The van der Waals surface area contributed by atoms with Crippen LogP contribution in [0, 0.1) is 0 Å². The SMILES string of the molecule is CCOc1cc(C=NNC(N)=O)ccc1OCc1cccc(Br)c1. The van der Waals surface area contributed by atoms with Crippen LogP contribution >= 0.6 is 15.9 Å². The molecule has 0 fully saturated rings. The highest BCUT2D eigenvalue weighted by Crippen LogP contribution is 2.29. The van der Waals surface area contributed by atoms with E-state index in [0.717, 1.165) is 15.6 Å². The highest BCUT2D eigenvalue weighted by Gasteiger charge is 2.07. The summed E-state index contributed by atoms with van der Waals surface area (Å²) in [7, 11) is 0. The smallest absolute Gasteiger partial charge is 0.332 e. The lowest BCUT2D eigenvalue weighted by molar-refractivity contribution is 0.249. The van der Waals surface area contributed by atoms with Crippen molar-refractivity contribution in [3.05, 3.63) is 58.1 Å². The number of hydrogen-bond acceptors (Lipinski definition) is 4. The van der Waals surface area contributed by atoms with E-state index in [4.69, 9.17) is 15.2 Å². The summed E-state index contributed by atoms with van der Waals surface area (Å²) < 4.78 is 12.5. The van der Waals surface area contributed by atoms with Crippen molar-refractivity contribution in [3.63, 3.8) is 0 Å². The fourth-order valence-corrected chi connectivity index (χ4v) is 2.40. The maximum atomic E-state index is 10.6. The van der Waals surface area contributed by atoms with Crippen LogP contribution in [0.4, 0.5) is 4.79 Å². The van der Waals surface area contributed by atoms with Crippen molar-refractivity contribution in [1.82, 2.24) is 5.43 Å². The zero-order chi connectivity index (χ0) is 17.4. The third-order valence-corrected chi connectivity index (χ3v) is 3.43. The number of amides is 2. The van der Waals surface area contributed by atoms with Gasteiger partial charge in [0.1, 0.15) is 6.61 Å². The van der Waals surface area contributed by atoms with Gasteiger partial charge < -0.3 is 15.2 Å². The summed E-state index contributed by atoms with van der Waals surface area (Å²) in [6.45, 7) is 2.83. The summed E-state index contributed by atoms with van der Waals surface area (Å²) in [6, 6.07) is 12.6. The molecule has 126 valence electrons. The van der Waals surface area contributed by atoms with Gasteiger partial charge in [-0.05, 0) is 48.4 Å². The quantitative estimate of drug-likeness (QED) is 0.559. The number of nitrogens with zero attached hydrogens (tertiary/aromatic N) is 1. The van der Waals surface area contributed by atoms with Crippen molar-refractivity contribution >= 4 is 28.2 Å². The molecule has 3 N–H and O–H groups in total. The molecule has 0 aliphatic rings. The summed E-state index contributed by atoms with van der Waals surface area (Å²) >= 11 is 3.44. The van der Waals surface area contributed by atoms with E-state index >= 15 is 0 Å². The maximum absolute atomic E-state index is 10.6. The van der Waals surface area contributed by atoms with E-state index in [2.05, 4.69) is 26.5 Å². The van der Waals surface area contributed by atoms with Crippen molar-refractivity contribution in [2.45, 2.75) is 13.5 Å². The summed E-state index contributed by atoms with van der Waals surface area (Å²) in [5, 5.41) is 3.72. The lowest BCUT2D eigenvalue weighted by Crippen LogP contribution is -2.24. The van der Waals surface area contributed by atoms with Gasteiger partial charge in [0, 0.05) is 4.47 Å². The van der Waals surface area contributed by atoms with Crippen LogP contribution in [0.3, 0.4) is 0 Å². The molecule has 24 heavy (non-hydrogen) atoms. The molecule has 0 saturated heterocycles. The Balaban J connectivity index is 2.10. The number of primary amides is 1. The number of carbonyl (C=O) groups is 1. The number of halogens is 1. The fourth-order valence-electron chi connectivity index (χ4n) is 1.95. The maximum Gasteiger partial charge on any atom is 0.332 e. The average Bonchev–Trinajstić information content (AvgIpc) is 2.54. The Bertz CT molecular complexity index is 735. The number of carbonyl (C=O) groups excluding carboxylic acids is 1. The van der Waals surface area contributed by atoms with Gasteiger partial charge in [0.2, 0.25) is 0 Å². The Morgan fingerprint density at radius 3 is 2.79 bits per heavy atom. The first-order valence-corrected chi connectivity index (χ1v) is 8.10. The number of nitrogens with two attached hydrogens (primary N) is 1. The number of ether oxygens (including phenoxy) is 2. The van der Waals surface area contributed by atoms with Gasteiger partial charge in [-0.1, -0.05) is 28.1 Å². The number of urea groups is 1. The molecule has 0 aliphatic heterocycles. The van der Waals surface area contributed by atoms with Crippen molar-refractivity contribution in [1.29, 1.82) is 0 Å². The Hall–Kier alpha value is -2.54. The van der Waals surface area contributed by atoms with Crippen molar-refractivity contribution in [2.24, 2.45) is 10.8 Å². The summed E-state index contributed by atoms with van der Waals surface area (Å²) in [5.74, 6) is 1.24. The Kier molecular flexibility index (Phi) is 6.62. The molecule has 0 aliphatic carbocycles. The molecule has 2 aromatic carbocycles. The highest BCUT2D eigenvalue weighted by molar-refractivity contribution is 9.10. The third-order valence-electron chi connectivity index (χ3n) is 2.94. The molecule has 2 rings (SSSR count). The minimum atomic E-state index is -0.717. The predicted octanol–water partition coefficient (Wildman–Crippen LogP) is 3.43. The molecule has 6 nitrogen and oxygen atoms in total. The Morgan fingerprint density at radius 2 is 2.08 bits per heavy atom. The summed E-state index contributed by atoms with van der Waals surface area (Å²) in [4.78, 5) is 10.6. The van der Waals surface area contributed by atoms with Crippen molar-refractivity contribution in [3.8, 4) is 11.5 Å². The molecule has 0 radical (unpaired) electrons. The zero-order valence-electron chi connectivity index (χ0n) is 13.2. The van der Waals surface area contributed by atoms with Crippen molar-refractivity contribution in [2.75, 3.05) is 6.61 Å². The lowest BCUT2D eigenvalue weighted by Gasteiger charge is -2.12. The molecule has 0 bridgehead atoms. The molecule has 0 saturated carbocycles. The third kappa shape index (κ3) is 5.58. The molecule has 2 amide bonds. The van der Waals surface area contributed by atoms with Gasteiger partial charge in [-0.15, -0.1) is 0 Å². The van der Waals surface area contributed by atoms with E-state index in [1.807, 2.05) is 37.3 Å². The first-order chi connectivity index (χ1) is 11.6. The van der Waals surface area contributed by atoms with Crippen LogP contribution in [0.15, 0.2) is 52.0 Å². The van der Waals surface area contributed by atoms with E-state index in [9.17, 15) is 4.79 Å². The van der Waals surface area contributed by atoms with Gasteiger partial charge in [0.05, 0.1) is 12.8 Å². The van der Waals surface area contributed by atoms with Gasteiger partial charge in [0.25, 0.3) is 0 Å². The molecule has 0 aromatic heterocycles. The number of benzene rings is 2. The second-order valence-electron chi connectivity index (χ2n) is 4.79. The van der Waals surface area contributed by atoms with E-state index in [1.165, 1.54) is 6.21 Å². The van der Waals surface area contributed by atoms with Crippen LogP contribution in [0.2, 0.25) is 0 Å². The van der Waals surface area contributed by atoms with E-state index in [1.54, 1.807) is 12.1 Å². The number of nitrogens with one attached hydrogen (secondary N) is 1. The topological polar surface area (TPSA) is 85.9 Å². The largest absolute Gasteiger partial charge is 0.490 e. The molecule has 2 aromatic rings. The number of hydrazone groups is 1. The molecular weight excluding hydrogens is 374 g/mol. The Morgan fingerprint density at radius 1 is 1.25 bits per heavy atom. The molecule has 0 heterocycles. The van der Waals surface area contributed by atoms with Crippen LogP contribution < -0.4 is 20.6 Å². The second-order valence-corrected chi connectivity index (χ2v) is 5.71. The van der Waals surface area contributed by atoms with E-state index < -0.39 is 6.03 Å². The number of hydrogen-bond donors (Lipinski definition) is 2. The van der Waals surface area contributed by atoms with Crippen LogP contribution in [0.1, 0.15) is 18.1 Å². The van der Waals surface area contributed by atoms with Gasteiger partial charge >= 0.3 is 6.03 Å². The molecule has 0 atom stereocenters. The summed E-state index contributed by atoms with van der Waals surface area (Å²) in [6.07, 6.45) is 1.48. The number of rotatable bonds is 7. The van der Waals surface area contributed by atoms with E-state index in [0.29, 0.717) is 24.7 Å². The highest BCUT2D eigenvalue weighted by atomic mass is 79.9. The Labute approximate surface area is 148 Å². The van der Waals surface area contributed by atoms with Gasteiger partial charge in [-0.3, -0.25) is 0 Å². The van der Waals surface area contributed by atoms with Crippen LogP contribution in [-0.2, 0) is 6.61 Å². The zero-order valence-corrected chi connectivity index (χ0v) is 14.7.